The quantitative estimate of drug-likeness (QED) is 0.567. The molecule has 0 unspecified atom stereocenters. The van der Waals surface area contributed by atoms with Crippen LogP contribution in [0.1, 0.15) is 19.7 Å². The van der Waals surface area contributed by atoms with E-state index in [0.29, 0.717) is 41.2 Å². The molecule has 0 radical (unpaired) electrons. The number of likely N-dealkylation sites (N-methyl/N-ethyl adjacent to an activating group) is 1. The van der Waals surface area contributed by atoms with Gasteiger partial charge in [0.1, 0.15) is 0 Å². The van der Waals surface area contributed by atoms with Crippen LogP contribution in [0.2, 0.25) is 5.02 Å². The van der Waals surface area contributed by atoms with Crippen LogP contribution >= 0.6 is 11.6 Å². The minimum absolute atomic E-state index is 0.148. The maximum atomic E-state index is 12.4. The molecule has 3 rings (SSSR count). The molecule has 0 saturated carbocycles. The summed E-state index contributed by atoms with van der Waals surface area (Å²) in [4.78, 5) is 29.7. The zero-order valence-electron chi connectivity index (χ0n) is 16.7. The molecule has 0 bridgehead atoms. The summed E-state index contributed by atoms with van der Waals surface area (Å²) in [6.07, 6.45) is 0. The summed E-state index contributed by atoms with van der Waals surface area (Å²) in [5.74, 6) is 0.551. The molecule has 8 nitrogen and oxygen atoms in total. The van der Waals surface area contributed by atoms with E-state index in [9.17, 15) is 9.59 Å². The number of hydrogen-bond acceptors (Lipinski definition) is 6. The van der Waals surface area contributed by atoms with Gasteiger partial charge in [0.2, 0.25) is 23.5 Å². The lowest BCUT2D eigenvalue weighted by atomic mass is 10.2. The number of carbonyl (C=O) groups is 2. The van der Waals surface area contributed by atoms with Crippen molar-refractivity contribution < 1.29 is 14.1 Å². The Balaban J connectivity index is 1.56. The van der Waals surface area contributed by atoms with Gasteiger partial charge in [0, 0.05) is 28.9 Å². The van der Waals surface area contributed by atoms with Gasteiger partial charge >= 0.3 is 0 Å². The summed E-state index contributed by atoms with van der Waals surface area (Å²) in [5, 5.41) is 10.1. The molecule has 2 aromatic carbocycles. The Kier molecular flexibility index (Phi) is 7.16. The molecule has 3 aromatic rings. The molecule has 2 amide bonds. The van der Waals surface area contributed by atoms with Crippen LogP contribution in [0.5, 0.6) is 0 Å². The predicted octanol–water partition coefficient (Wildman–Crippen LogP) is 3.81. The van der Waals surface area contributed by atoms with E-state index in [1.54, 1.807) is 36.4 Å². The predicted molar refractivity (Wildman–Crippen MR) is 115 cm³/mol. The molecule has 2 N–H and O–H groups in total. The van der Waals surface area contributed by atoms with Crippen molar-refractivity contribution in [1.29, 1.82) is 0 Å². The van der Waals surface area contributed by atoms with Crippen LogP contribution < -0.4 is 10.6 Å². The monoisotopic (exact) mass is 427 g/mol. The summed E-state index contributed by atoms with van der Waals surface area (Å²) < 4.78 is 5.32. The Hall–Kier alpha value is -3.23. The highest BCUT2D eigenvalue weighted by Gasteiger charge is 2.15. The molecular weight excluding hydrogens is 406 g/mol. The lowest BCUT2D eigenvalue weighted by Gasteiger charge is -2.17. The highest BCUT2D eigenvalue weighted by molar-refractivity contribution is 6.30. The van der Waals surface area contributed by atoms with Gasteiger partial charge in [-0.05, 0) is 42.9 Å². The molecule has 0 aliphatic carbocycles. The number of hydrogen-bond donors (Lipinski definition) is 2. The zero-order valence-corrected chi connectivity index (χ0v) is 17.4. The smallest absolute Gasteiger partial charge is 0.241 e. The van der Waals surface area contributed by atoms with Crippen LogP contribution in [0, 0.1) is 0 Å². The average molecular weight is 428 g/mol. The number of anilines is 2. The van der Waals surface area contributed by atoms with Crippen LogP contribution in [0.15, 0.2) is 53.1 Å². The Morgan fingerprint density at radius 1 is 1.10 bits per heavy atom. The van der Waals surface area contributed by atoms with Crippen LogP contribution in [0.3, 0.4) is 0 Å². The maximum Gasteiger partial charge on any atom is 0.241 e. The number of nitrogens with zero attached hydrogens (tertiary/aromatic N) is 3. The SMILES string of the molecule is CCN(CC(=O)Nc1ccc(NC(C)=O)cc1)Cc1nc(-c2cccc(Cl)c2)no1. The van der Waals surface area contributed by atoms with Gasteiger partial charge in [-0.1, -0.05) is 35.8 Å². The molecule has 1 aromatic heterocycles. The first kappa shape index (κ1) is 21.5. The fraction of sp³-hybridized carbons (Fsp3) is 0.238. The normalized spacial score (nSPS) is 10.8. The first-order valence-corrected chi connectivity index (χ1v) is 9.79. The van der Waals surface area contributed by atoms with Crippen LogP contribution in [0.4, 0.5) is 11.4 Å². The van der Waals surface area contributed by atoms with E-state index in [1.807, 2.05) is 24.0 Å². The van der Waals surface area contributed by atoms with Gasteiger partial charge in [0.25, 0.3) is 0 Å². The highest BCUT2D eigenvalue weighted by Crippen LogP contribution is 2.20. The van der Waals surface area contributed by atoms with Gasteiger partial charge in [0.05, 0.1) is 13.1 Å². The molecule has 0 fully saturated rings. The summed E-state index contributed by atoms with van der Waals surface area (Å²) in [6, 6.07) is 14.1. The van der Waals surface area contributed by atoms with Crippen molar-refractivity contribution in [3.63, 3.8) is 0 Å². The number of amides is 2. The molecule has 1 heterocycles. The zero-order chi connectivity index (χ0) is 21.5. The largest absolute Gasteiger partial charge is 0.338 e. The average Bonchev–Trinajstić information content (AvgIpc) is 3.17. The standard InChI is InChI=1S/C21H22ClN5O3/c1-3-27(12-19(29)24-18-9-7-17(8-10-18)23-14(2)28)13-20-25-21(26-30-20)15-5-4-6-16(22)11-15/h4-11H,3,12-13H2,1-2H3,(H,23,28)(H,24,29). The molecule has 0 spiro atoms. The third-order valence-electron chi connectivity index (χ3n) is 4.21. The van der Waals surface area contributed by atoms with Crippen molar-refractivity contribution in [2.45, 2.75) is 20.4 Å². The van der Waals surface area contributed by atoms with E-state index >= 15 is 0 Å². The lowest BCUT2D eigenvalue weighted by molar-refractivity contribution is -0.117. The van der Waals surface area contributed by atoms with Gasteiger partial charge < -0.3 is 15.2 Å². The highest BCUT2D eigenvalue weighted by atomic mass is 35.5. The van der Waals surface area contributed by atoms with E-state index < -0.39 is 0 Å². The van der Waals surface area contributed by atoms with Crippen molar-refractivity contribution in [2.75, 3.05) is 23.7 Å². The van der Waals surface area contributed by atoms with Crippen molar-refractivity contribution >= 4 is 34.8 Å². The number of benzene rings is 2. The maximum absolute atomic E-state index is 12.4. The summed E-state index contributed by atoms with van der Waals surface area (Å²) >= 11 is 6.01. The number of nitrogens with one attached hydrogen (secondary N) is 2. The first-order chi connectivity index (χ1) is 14.4. The molecule has 0 aliphatic heterocycles. The van der Waals surface area contributed by atoms with Gasteiger partial charge in [-0.25, -0.2) is 0 Å². The summed E-state index contributed by atoms with van der Waals surface area (Å²) in [6.45, 7) is 4.53. The van der Waals surface area contributed by atoms with Crippen LogP contribution in [0.25, 0.3) is 11.4 Å². The van der Waals surface area contributed by atoms with Crippen molar-refractivity contribution in [1.82, 2.24) is 15.0 Å². The van der Waals surface area contributed by atoms with Gasteiger partial charge in [0.15, 0.2) is 0 Å². The Morgan fingerprint density at radius 2 is 1.80 bits per heavy atom. The second-order valence-corrected chi connectivity index (χ2v) is 7.07. The fourth-order valence-electron chi connectivity index (χ4n) is 2.78. The van der Waals surface area contributed by atoms with Crippen LogP contribution in [-0.4, -0.2) is 39.9 Å². The third kappa shape index (κ3) is 6.13. The number of aromatic nitrogens is 2. The fourth-order valence-corrected chi connectivity index (χ4v) is 2.97. The Bertz CT molecular complexity index is 1020. The Morgan fingerprint density at radius 3 is 2.43 bits per heavy atom. The number of rotatable bonds is 8. The van der Waals surface area contributed by atoms with E-state index in [2.05, 4.69) is 20.8 Å². The van der Waals surface area contributed by atoms with Crippen molar-refractivity contribution in [2.24, 2.45) is 0 Å². The van der Waals surface area contributed by atoms with Gasteiger partial charge in [-0.3, -0.25) is 14.5 Å². The van der Waals surface area contributed by atoms with Crippen molar-refractivity contribution in [3.05, 3.63) is 59.4 Å². The van der Waals surface area contributed by atoms with E-state index in [-0.39, 0.29) is 18.4 Å². The molecule has 0 aliphatic rings. The molecular formula is C21H22ClN5O3. The molecule has 156 valence electrons. The second-order valence-electron chi connectivity index (χ2n) is 6.63. The Labute approximate surface area is 179 Å². The second kappa shape index (κ2) is 10.00. The first-order valence-electron chi connectivity index (χ1n) is 9.41. The van der Waals surface area contributed by atoms with Gasteiger partial charge in [-0.15, -0.1) is 0 Å². The van der Waals surface area contributed by atoms with Gasteiger partial charge in [-0.2, -0.15) is 4.98 Å². The minimum atomic E-state index is -0.168. The van der Waals surface area contributed by atoms with Crippen LogP contribution in [-0.2, 0) is 16.1 Å². The van der Waals surface area contributed by atoms with E-state index in [0.717, 1.165) is 5.56 Å². The lowest BCUT2D eigenvalue weighted by Crippen LogP contribution is -2.32. The third-order valence-corrected chi connectivity index (χ3v) is 4.45. The number of carbonyl (C=O) groups excluding carboxylic acids is 2. The molecule has 0 atom stereocenters. The molecule has 9 heteroatoms. The topological polar surface area (TPSA) is 100 Å². The van der Waals surface area contributed by atoms with E-state index in [1.165, 1.54) is 6.92 Å². The molecule has 0 saturated heterocycles. The summed E-state index contributed by atoms with van der Waals surface area (Å²) in [5.41, 5.74) is 2.08. The van der Waals surface area contributed by atoms with E-state index in [4.69, 9.17) is 16.1 Å². The molecule has 30 heavy (non-hydrogen) atoms. The van der Waals surface area contributed by atoms with Crippen molar-refractivity contribution in [3.8, 4) is 11.4 Å². The summed E-state index contributed by atoms with van der Waals surface area (Å²) in [7, 11) is 0. The number of halogens is 1. The minimum Gasteiger partial charge on any atom is -0.338 e.